The molecule has 0 aliphatic carbocycles. The standard InChI is InChI=1S/C15H20N2O2/c1-10(2)11-4-5-12(14(8-11)19-3)13(18)9-15-16-6-7-17-15/h4-5,8,10H,6-7,9H2,1-3H3,(H,16,17). The summed E-state index contributed by atoms with van der Waals surface area (Å²) in [5.41, 5.74) is 1.80. The predicted molar refractivity (Wildman–Crippen MR) is 76.3 cm³/mol. The number of aliphatic imine (C=N–C) groups is 1. The van der Waals surface area contributed by atoms with Crippen molar-refractivity contribution in [1.82, 2.24) is 5.32 Å². The van der Waals surface area contributed by atoms with Gasteiger partial charge in [0.05, 0.1) is 25.6 Å². The Morgan fingerprint density at radius 1 is 1.47 bits per heavy atom. The van der Waals surface area contributed by atoms with E-state index >= 15 is 0 Å². The first-order chi connectivity index (χ1) is 9.11. The molecular formula is C15H20N2O2. The molecule has 19 heavy (non-hydrogen) atoms. The molecule has 1 aliphatic rings. The summed E-state index contributed by atoms with van der Waals surface area (Å²) in [6.07, 6.45) is 0.317. The van der Waals surface area contributed by atoms with Crippen molar-refractivity contribution in [2.75, 3.05) is 20.2 Å². The molecule has 0 saturated heterocycles. The average molecular weight is 260 g/mol. The third-order valence-electron chi connectivity index (χ3n) is 3.26. The number of carbonyl (C=O) groups excluding carboxylic acids is 1. The van der Waals surface area contributed by atoms with E-state index in [-0.39, 0.29) is 5.78 Å². The Labute approximate surface area is 113 Å². The summed E-state index contributed by atoms with van der Waals surface area (Å²) in [7, 11) is 1.60. The van der Waals surface area contributed by atoms with Crippen molar-refractivity contribution in [1.29, 1.82) is 0 Å². The zero-order valence-corrected chi connectivity index (χ0v) is 11.7. The van der Waals surface area contributed by atoms with Gasteiger partial charge in [-0.05, 0) is 23.6 Å². The highest BCUT2D eigenvalue weighted by atomic mass is 16.5. The maximum absolute atomic E-state index is 12.3. The minimum atomic E-state index is 0.0420. The van der Waals surface area contributed by atoms with Crippen molar-refractivity contribution >= 4 is 11.6 Å². The summed E-state index contributed by atoms with van der Waals surface area (Å²) in [5, 5.41) is 3.11. The van der Waals surface area contributed by atoms with Gasteiger partial charge < -0.3 is 10.1 Å². The molecule has 0 fully saturated rings. The van der Waals surface area contributed by atoms with Gasteiger partial charge in [-0.25, -0.2) is 0 Å². The van der Waals surface area contributed by atoms with Crippen molar-refractivity contribution in [2.24, 2.45) is 4.99 Å². The van der Waals surface area contributed by atoms with Crippen molar-refractivity contribution in [3.8, 4) is 5.75 Å². The van der Waals surface area contributed by atoms with E-state index in [2.05, 4.69) is 24.2 Å². The van der Waals surface area contributed by atoms with Gasteiger partial charge in [-0.15, -0.1) is 0 Å². The molecular weight excluding hydrogens is 240 g/mol. The van der Waals surface area contributed by atoms with Crippen molar-refractivity contribution < 1.29 is 9.53 Å². The fourth-order valence-corrected chi connectivity index (χ4v) is 2.11. The third-order valence-corrected chi connectivity index (χ3v) is 3.26. The van der Waals surface area contributed by atoms with E-state index in [4.69, 9.17) is 4.74 Å². The number of methoxy groups -OCH3 is 1. The Kier molecular flexibility index (Phi) is 4.20. The van der Waals surface area contributed by atoms with E-state index in [1.54, 1.807) is 7.11 Å². The minimum absolute atomic E-state index is 0.0420. The topological polar surface area (TPSA) is 50.7 Å². The van der Waals surface area contributed by atoms with Crippen LogP contribution in [0, 0.1) is 0 Å². The Balaban J connectivity index is 2.20. The Morgan fingerprint density at radius 3 is 2.84 bits per heavy atom. The van der Waals surface area contributed by atoms with Crippen LogP contribution in [0.2, 0.25) is 0 Å². The molecule has 4 heteroatoms. The molecule has 0 aromatic heterocycles. The van der Waals surface area contributed by atoms with E-state index in [1.807, 2.05) is 18.2 Å². The summed E-state index contributed by atoms with van der Waals surface area (Å²) < 4.78 is 5.34. The molecule has 0 saturated carbocycles. The van der Waals surface area contributed by atoms with Crippen LogP contribution in [0.4, 0.5) is 0 Å². The fourth-order valence-electron chi connectivity index (χ4n) is 2.11. The summed E-state index contributed by atoms with van der Waals surface area (Å²) in [4.78, 5) is 16.5. The second-order valence-electron chi connectivity index (χ2n) is 4.97. The number of hydrogen-bond acceptors (Lipinski definition) is 4. The predicted octanol–water partition coefficient (Wildman–Crippen LogP) is 2.39. The summed E-state index contributed by atoms with van der Waals surface area (Å²) in [5.74, 6) is 1.88. The van der Waals surface area contributed by atoms with Crippen LogP contribution in [-0.4, -0.2) is 31.8 Å². The number of hydrogen-bond donors (Lipinski definition) is 1. The largest absolute Gasteiger partial charge is 0.496 e. The van der Waals surface area contributed by atoms with Crippen LogP contribution in [-0.2, 0) is 0 Å². The number of Topliss-reactive ketones (excluding diaryl/α,β-unsaturated/α-hetero) is 1. The smallest absolute Gasteiger partial charge is 0.174 e. The summed E-state index contributed by atoms with van der Waals surface area (Å²) in [6.45, 7) is 5.82. The van der Waals surface area contributed by atoms with Crippen LogP contribution in [0.3, 0.4) is 0 Å². The first-order valence-corrected chi connectivity index (χ1v) is 6.60. The molecule has 0 radical (unpaired) electrons. The number of rotatable bonds is 5. The second-order valence-corrected chi connectivity index (χ2v) is 4.97. The number of nitrogens with one attached hydrogen (secondary N) is 1. The number of amidine groups is 1. The highest BCUT2D eigenvalue weighted by molar-refractivity contribution is 6.10. The molecule has 0 unspecified atom stereocenters. The summed E-state index contributed by atoms with van der Waals surface area (Å²) >= 11 is 0. The maximum Gasteiger partial charge on any atom is 0.174 e. The highest BCUT2D eigenvalue weighted by Crippen LogP contribution is 2.25. The first-order valence-electron chi connectivity index (χ1n) is 6.60. The van der Waals surface area contributed by atoms with E-state index in [0.29, 0.717) is 23.7 Å². The van der Waals surface area contributed by atoms with Crippen LogP contribution < -0.4 is 10.1 Å². The monoisotopic (exact) mass is 260 g/mol. The molecule has 1 aromatic rings. The molecule has 1 aromatic carbocycles. The maximum atomic E-state index is 12.3. The van der Waals surface area contributed by atoms with Gasteiger partial charge in [0.1, 0.15) is 11.6 Å². The quantitative estimate of drug-likeness (QED) is 0.827. The van der Waals surface area contributed by atoms with Crippen LogP contribution >= 0.6 is 0 Å². The van der Waals surface area contributed by atoms with Crippen LogP contribution in [0.5, 0.6) is 5.75 Å². The lowest BCUT2D eigenvalue weighted by Gasteiger charge is -2.12. The molecule has 1 aliphatic heterocycles. The number of benzene rings is 1. The van der Waals surface area contributed by atoms with Gasteiger partial charge in [0.25, 0.3) is 0 Å². The molecule has 0 bridgehead atoms. The van der Waals surface area contributed by atoms with Crippen molar-refractivity contribution in [3.63, 3.8) is 0 Å². The fraction of sp³-hybridized carbons (Fsp3) is 0.467. The number of carbonyl (C=O) groups is 1. The lowest BCUT2D eigenvalue weighted by Crippen LogP contribution is -2.21. The average Bonchev–Trinajstić information content (AvgIpc) is 2.90. The second kappa shape index (κ2) is 5.87. The lowest BCUT2D eigenvalue weighted by atomic mass is 9.98. The van der Waals surface area contributed by atoms with Gasteiger partial charge in [0, 0.05) is 6.54 Å². The number of nitrogens with zero attached hydrogens (tertiary/aromatic N) is 1. The van der Waals surface area contributed by atoms with Gasteiger partial charge in [0.2, 0.25) is 0 Å². The molecule has 0 atom stereocenters. The zero-order valence-electron chi connectivity index (χ0n) is 11.7. The first kappa shape index (κ1) is 13.6. The SMILES string of the molecule is COc1cc(C(C)C)ccc1C(=O)CC1=NCCN1. The van der Waals surface area contributed by atoms with Crippen molar-refractivity contribution in [2.45, 2.75) is 26.2 Å². The van der Waals surface area contributed by atoms with Crippen LogP contribution in [0.15, 0.2) is 23.2 Å². The number of ketones is 1. The van der Waals surface area contributed by atoms with Gasteiger partial charge in [-0.1, -0.05) is 19.9 Å². The normalized spacial score (nSPS) is 14.2. The third kappa shape index (κ3) is 3.13. The molecule has 2 rings (SSSR count). The van der Waals surface area contributed by atoms with Crippen LogP contribution in [0.1, 0.15) is 42.1 Å². The molecule has 4 nitrogen and oxygen atoms in total. The van der Waals surface area contributed by atoms with Crippen LogP contribution in [0.25, 0.3) is 0 Å². The van der Waals surface area contributed by atoms with E-state index in [1.165, 1.54) is 5.56 Å². The summed E-state index contributed by atoms with van der Waals surface area (Å²) in [6, 6.07) is 5.79. The van der Waals surface area contributed by atoms with Gasteiger partial charge in [0.15, 0.2) is 5.78 Å². The molecule has 0 amide bonds. The highest BCUT2D eigenvalue weighted by Gasteiger charge is 2.17. The van der Waals surface area contributed by atoms with E-state index in [0.717, 1.165) is 18.9 Å². The van der Waals surface area contributed by atoms with E-state index in [9.17, 15) is 4.79 Å². The Bertz CT molecular complexity index is 507. The lowest BCUT2D eigenvalue weighted by molar-refractivity contribution is 0.0997. The Morgan fingerprint density at radius 2 is 2.26 bits per heavy atom. The minimum Gasteiger partial charge on any atom is -0.496 e. The van der Waals surface area contributed by atoms with Gasteiger partial charge in [-0.2, -0.15) is 0 Å². The van der Waals surface area contributed by atoms with Gasteiger partial charge in [-0.3, -0.25) is 9.79 Å². The van der Waals surface area contributed by atoms with E-state index < -0.39 is 0 Å². The molecule has 1 N–H and O–H groups in total. The molecule has 102 valence electrons. The zero-order chi connectivity index (χ0) is 13.8. The molecule has 0 spiro atoms. The molecule has 1 heterocycles. The van der Waals surface area contributed by atoms with Crippen molar-refractivity contribution in [3.05, 3.63) is 29.3 Å². The number of ether oxygens (including phenoxy) is 1. The Hall–Kier alpha value is -1.84. The van der Waals surface area contributed by atoms with Gasteiger partial charge >= 0.3 is 0 Å².